The quantitative estimate of drug-likeness (QED) is 0.502. The first-order valence-corrected chi connectivity index (χ1v) is 10.7. The van der Waals surface area contributed by atoms with Gasteiger partial charge >= 0.3 is 0 Å². The van der Waals surface area contributed by atoms with Crippen LogP contribution in [0, 0.1) is 11.8 Å². The monoisotopic (exact) mass is 385 g/mol. The molecule has 2 bridgehead atoms. The van der Waals surface area contributed by atoms with Gasteiger partial charge in [-0.1, -0.05) is 54.6 Å². The van der Waals surface area contributed by atoms with E-state index in [9.17, 15) is 5.11 Å². The fraction of sp³-hybridized carbons (Fsp3) is 0.346. The Labute approximate surface area is 172 Å². The first-order chi connectivity index (χ1) is 14.2. The molecule has 1 N–H and O–H groups in total. The van der Waals surface area contributed by atoms with Crippen LogP contribution in [-0.4, -0.2) is 33.7 Å². The van der Waals surface area contributed by atoms with E-state index < -0.39 is 6.10 Å². The average Bonchev–Trinajstić information content (AvgIpc) is 2.78. The Morgan fingerprint density at radius 2 is 1.90 bits per heavy atom. The Hall–Kier alpha value is -2.49. The number of pyridine rings is 1. The first-order valence-electron chi connectivity index (χ1n) is 10.7. The molecule has 3 nitrogen and oxygen atoms in total. The molecule has 0 radical (unpaired) electrons. The Morgan fingerprint density at radius 3 is 2.72 bits per heavy atom. The smallest absolute Gasteiger partial charge is 0.131 e. The van der Waals surface area contributed by atoms with Gasteiger partial charge in [0.25, 0.3) is 0 Å². The number of piperidine rings is 3. The number of aromatic nitrogens is 1. The first kappa shape index (κ1) is 18.5. The maximum atomic E-state index is 11.7. The van der Waals surface area contributed by atoms with Crippen LogP contribution in [0.3, 0.4) is 0 Å². The molecule has 1 unspecified atom stereocenters. The summed E-state index contributed by atoms with van der Waals surface area (Å²) in [5, 5.41) is 12.8. The molecule has 2 aromatic carbocycles. The van der Waals surface area contributed by atoms with Crippen molar-refractivity contribution < 1.29 is 9.59 Å². The third kappa shape index (κ3) is 3.19. The number of nitrogens with zero attached hydrogens (tertiary/aromatic N) is 2. The Kier molecular flexibility index (Phi) is 4.73. The van der Waals surface area contributed by atoms with Crippen LogP contribution < -0.4 is 0 Å². The van der Waals surface area contributed by atoms with Gasteiger partial charge in [0.05, 0.1) is 18.6 Å². The summed E-state index contributed by atoms with van der Waals surface area (Å²) < 4.78 is 0.953. The second-order valence-electron chi connectivity index (χ2n) is 8.88. The summed E-state index contributed by atoms with van der Waals surface area (Å²) in [6, 6.07) is 21.2. The summed E-state index contributed by atoms with van der Waals surface area (Å²) >= 11 is 0. The number of para-hydroxylation sites is 1. The zero-order chi connectivity index (χ0) is 19.8. The van der Waals surface area contributed by atoms with Gasteiger partial charge in [-0.3, -0.25) is 4.98 Å². The van der Waals surface area contributed by atoms with E-state index >= 15 is 0 Å². The third-order valence-electron chi connectivity index (χ3n) is 7.38. The Bertz CT molecular complexity index is 1010. The predicted molar refractivity (Wildman–Crippen MR) is 117 cm³/mol. The number of hydrogen-bond acceptors (Lipinski definition) is 2. The van der Waals surface area contributed by atoms with Gasteiger partial charge in [0, 0.05) is 35.9 Å². The van der Waals surface area contributed by atoms with Crippen LogP contribution in [0.15, 0.2) is 79.5 Å². The maximum Gasteiger partial charge on any atom is 0.131 e. The minimum absolute atomic E-state index is 0.205. The zero-order valence-corrected chi connectivity index (χ0v) is 16.8. The standard InChI is InChI=1S/C26H29N2O/c1-2-20-18-28(17-19-8-4-3-5-9-19)15-13-21(20)16-25(28)26(29)23-12-14-27-24-11-7-6-10-22(23)24/h2-12,14,20-21,25-26,29H,1,13,15-18H2/q+1/t20-,21+,25-,26-,28?/m1/s1. The Morgan fingerprint density at radius 1 is 1.10 bits per heavy atom. The summed E-state index contributed by atoms with van der Waals surface area (Å²) in [6.07, 6.45) is 5.79. The van der Waals surface area contributed by atoms with Crippen LogP contribution in [0.4, 0.5) is 0 Å². The van der Waals surface area contributed by atoms with Crippen LogP contribution in [0.5, 0.6) is 0 Å². The number of rotatable bonds is 5. The minimum Gasteiger partial charge on any atom is -0.382 e. The number of fused-ring (bicyclic) bond motifs is 4. The molecule has 5 atom stereocenters. The second kappa shape index (κ2) is 7.40. The minimum atomic E-state index is -0.486. The molecule has 3 heteroatoms. The summed E-state index contributed by atoms with van der Waals surface area (Å²) in [6.45, 7) is 7.32. The van der Waals surface area contributed by atoms with Gasteiger partial charge in [-0.2, -0.15) is 0 Å². The van der Waals surface area contributed by atoms with Crippen LogP contribution in [0.1, 0.15) is 30.1 Å². The molecule has 29 heavy (non-hydrogen) atoms. The van der Waals surface area contributed by atoms with E-state index in [1.54, 1.807) is 0 Å². The lowest BCUT2D eigenvalue weighted by molar-refractivity contribution is -0.984. The van der Waals surface area contributed by atoms with Gasteiger partial charge < -0.3 is 9.59 Å². The van der Waals surface area contributed by atoms with Crippen molar-refractivity contribution in [2.24, 2.45) is 11.8 Å². The fourth-order valence-electron chi connectivity index (χ4n) is 5.91. The Balaban J connectivity index is 1.56. The number of aliphatic hydroxyl groups excluding tert-OH is 1. The van der Waals surface area contributed by atoms with Gasteiger partial charge in [-0.05, 0) is 23.6 Å². The molecule has 0 amide bonds. The maximum absolute atomic E-state index is 11.7. The summed E-state index contributed by atoms with van der Waals surface area (Å²) in [4.78, 5) is 4.50. The van der Waals surface area contributed by atoms with Gasteiger partial charge in [0.2, 0.25) is 0 Å². The van der Waals surface area contributed by atoms with Crippen LogP contribution in [0.2, 0.25) is 0 Å². The van der Waals surface area contributed by atoms with Crippen molar-refractivity contribution in [2.45, 2.75) is 31.5 Å². The number of quaternary nitrogens is 1. The molecule has 0 aliphatic carbocycles. The summed E-state index contributed by atoms with van der Waals surface area (Å²) in [5.41, 5.74) is 3.33. The van der Waals surface area contributed by atoms with Gasteiger partial charge in [-0.15, -0.1) is 6.58 Å². The SMILES string of the molecule is C=C[C@@H]1C[N+]2(Cc3ccccc3)CC[C@H]1C[C@@H]2[C@H](O)c1ccnc2ccccc12. The van der Waals surface area contributed by atoms with E-state index in [0.29, 0.717) is 11.8 Å². The average molecular weight is 386 g/mol. The van der Waals surface area contributed by atoms with Crippen molar-refractivity contribution in [3.05, 3.63) is 90.6 Å². The van der Waals surface area contributed by atoms with Crippen molar-refractivity contribution in [1.29, 1.82) is 0 Å². The summed E-state index contributed by atoms with van der Waals surface area (Å²) in [7, 11) is 0. The van der Waals surface area contributed by atoms with E-state index in [1.165, 1.54) is 12.0 Å². The highest BCUT2D eigenvalue weighted by Gasteiger charge is 2.53. The summed E-state index contributed by atoms with van der Waals surface area (Å²) in [5.74, 6) is 1.18. The van der Waals surface area contributed by atoms with Crippen molar-refractivity contribution >= 4 is 10.9 Å². The predicted octanol–water partition coefficient (Wildman–Crippen LogP) is 4.88. The van der Waals surface area contributed by atoms with Crippen LogP contribution in [-0.2, 0) is 6.54 Å². The lowest BCUT2D eigenvalue weighted by Gasteiger charge is -2.58. The highest BCUT2D eigenvalue weighted by atomic mass is 16.3. The van der Waals surface area contributed by atoms with E-state index in [0.717, 1.165) is 47.0 Å². The van der Waals surface area contributed by atoms with Crippen LogP contribution >= 0.6 is 0 Å². The highest BCUT2D eigenvalue weighted by molar-refractivity contribution is 5.82. The van der Waals surface area contributed by atoms with Crippen molar-refractivity contribution in [3.63, 3.8) is 0 Å². The van der Waals surface area contributed by atoms with Crippen molar-refractivity contribution in [2.75, 3.05) is 13.1 Å². The number of benzene rings is 2. The third-order valence-corrected chi connectivity index (χ3v) is 7.38. The molecule has 3 aromatic rings. The lowest BCUT2D eigenvalue weighted by atomic mass is 9.71. The molecule has 3 saturated heterocycles. The van der Waals surface area contributed by atoms with Crippen molar-refractivity contribution in [3.8, 4) is 0 Å². The molecule has 4 heterocycles. The largest absolute Gasteiger partial charge is 0.382 e. The molecule has 6 rings (SSSR count). The van der Waals surface area contributed by atoms with E-state index in [-0.39, 0.29) is 6.04 Å². The molecule has 0 saturated carbocycles. The second-order valence-corrected chi connectivity index (χ2v) is 8.88. The van der Waals surface area contributed by atoms with E-state index in [4.69, 9.17) is 0 Å². The number of aliphatic hydroxyl groups is 1. The molecule has 3 aliphatic heterocycles. The number of hydrogen-bond donors (Lipinski definition) is 1. The topological polar surface area (TPSA) is 33.1 Å². The molecule has 148 valence electrons. The molecule has 3 fully saturated rings. The van der Waals surface area contributed by atoms with Crippen molar-refractivity contribution in [1.82, 2.24) is 4.98 Å². The lowest BCUT2D eigenvalue weighted by Crippen LogP contribution is -2.67. The molecule has 1 aromatic heterocycles. The molecular formula is C26H29N2O+. The fourth-order valence-corrected chi connectivity index (χ4v) is 5.91. The zero-order valence-electron chi connectivity index (χ0n) is 16.8. The van der Waals surface area contributed by atoms with Gasteiger partial charge in [0.1, 0.15) is 18.7 Å². The molecular weight excluding hydrogens is 356 g/mol. The van der Waals surface area contributed by atoms with E-state index in [1.807, 2.05) is 30.5 Å². The van der Waals surface area contributed by atoms with Gasteiger partial charge in [0.15, 0.2) is 0 Å². The van der Waals surface area contributed by atoms with Crippen LogP contribution in [0.25, 0.3) is 10.9 Å². The molecule has 0 spiro atoms. The van der Waals surface area contributed by atoms with E-state index in [2.05, 4.69) is 54.0 Å². The highest BCUT2D eigenvalue weighted by Crippen LogP contribution is 2.47. The molecule has 3 aliphatic rings. The van der Waals surface area contributed by atoms with Gasteiger partial charge in [-0.25, -0.2) is 0 Å². The normalized spacial score (nSPS) is 29.6.